The fourth-order valence-electron chi connectivity index (χ4n) is 3.82. The third-order valence-corrected chi connectivity index (χ3v) is 7.62. The molecule has 0 saturated carbocycles. The van der Waals surface area contributed by atoms with Crippen LogP contribution in [-0.4, -0.2) is 58.5 Å². The molecule has 11 heteroatoms. The predicted octanol–water partition coefficient (Wildman–Crippen LogP) is 3.09. The predicted molar refractivity (Wildman–Crippen MR) is 119 cm³/mol. The Morgan fingerprint density at radius 2 is 1.72 bits per heavy atom. The summed E-state index contributed by atoms with van der Waals surface area (Å²) in [4.78, 5) is 10.6. The highest BCUT2D eigenvalue weighted by molar-refractivity contribution is 7.89. The van der Waals surface area contributed by atoms with Gasteiger partial charge in [-0.2, -0.15) is 18.9 Å². The van der Waals surface area contributed by atoms with Crippen molar-refractivity contribution in [3.05, 3.63) is 71.9 Å². The van der Waals surface area contributed by atoms with Crippen molar-refractivity contribution in [2.24, 2.45) is 0 Å². The normalized spacial score (nSPS) is 15.4. The van der Waals surface area contributed by atoms with Gasteiger partial charge in [-0.15, -0.1) is 0 Å². The van der Waals surface area contributed by atoms with E-state index in [0.717, 1.165) is 29.1 Å². The first-order valence-corrected chi connectivity index (χ1v) is 11.7. The number of aromatic nitrogens is 4. The maximum absolute atomic E-state index is 13.5. The Kier molecular flexibility index (Phi) is 5.28. The highest BCUT2D eigenvalue weighted by atomic mass is 35.5. The minimum atomic E-state index is -3.79. The Balaban J connectivity index is 1.46. The summed E-state index contributed by atoms with van der Waals surface area (Å²) in [5, 5.41) is 4.11. The molecular weight excluding hydrogens is 455 g/mol. The number of benzene rings is 2. The molecular formula is C21H18ClFN6O2S. The number of hydrogen-bond donors (Lipinski definition) is 0. The van der Waals surface area contributed by atoms with Crippen molar-refractivity contribution in [2.75, 3.05) is 31.1 Å². The molecule has 4 aromatic rings. The molecule has 2 aromatic carbocycles. The summed E-state index contributed by atoms with van der Waals surface area (Å²) >= 11 is 5.79. The van der Waals surface area contributed by atoms with Gasteiger partial charge in [-0.3, -0.25) is 0 Å². The first-order valence-electron chi connectivity index (χ1n) is 9.89. The van der Waals surface area contributed by atoms with Gasteiger partial charge in [-0.05, 0) is 23.8 Å². The van der Waals surface area contributed by atoms with E-state index in [-0.39, 0.29) is 23.0 Å². The van der Waals surface area contributed by atoms with Gasteiger partial charge in [0.15, 0.2) is 0 Å². The molecule has 164 valence electrons. The maximum Gasteiger partial charge on any atom is 0.254 e. The van der Waals surface area contributed by atoms with Gasteiger partial charge in [0, 0.05) is 37.9 Å². The van der Waals surface area contributed by atoms with Crippen molar-refractivity contribution >= 4 is 33.2 Å². The summed E-state index contributed by atoms with van der Waals surface area (Å²) in [6.07, 6.45) is 3.21. The molecule has 1 fully saturated rings. The van der Waals surface area contributed by atoms with Crippen molar-refractivity contribution in [3.8, 4) is 11.1 Å². The van der Waals surface area contributed by atoms with Crippen molar-refractivity contribution < 1.29 is 12.8 Å². The van der Waals surface area contributed by atoms with Gasteiger partial charge in [-0.1, -0.05) is 41.9 Å². The molecule has 32 heavy (non-hydrogen) atoms. The molecule has 0 atom stereocenters. The average Bonchev–Trinajstić information content (AvgIpc) is 3.30. The Hall–Kier alpha value is -3.08. The van der Waals surface area contributed by atoms with E-state index in [0.29, 0.717) is 18.9 Å². The van der Waals surface area contributed by atoms with Gasteiger partial charge < -0.3 is 4.90 Å². The molecule has 0 bridgehead atoms. The van der Waals surface area contributed by atoms with Gasteiger partial charge in [0.2, 0.25) is 10.0 Å². The Morgan fingerprint density at radius 3 is 2.44 bits per heavy atom. The summed E-state index contributed by atoms with van der Waals surface area (Å²) in [5.41, 5.74) is 1.86. The van der Waals surface area contributed by atoms with Crippen LogP contribution in [0.1, 0.15) is 0 Å². The van der Waals surface area contributed by atoms with Crippen molar-refractivity contribution in [2.45, 2.75) is 4.90 Å². The second-order valence-corrected chi connectivity index (χ2v) is 9.65. The molecule has 1 saturated heterocycles. The molecule has 5 rings (SSSR count). The zero-order valence-corrected chi connectivity index (χ0v) is 18.3. The van der Waals surface area contributed by atoms with E-state index in [4.69, 9.17) is 11.6 Å². The highest BCUT2D eigenvalue weighted by Crippen LogP contribution is 2.31. The number of nitrogens with zero attached hydrogens (tertiary/aromatic N) is 6. The number of anilines is 1. The second kappa shape index (κ2) is 8.12. The Labute approximate surface area is 188 Å². The van der Waals surface area contributed by atoms with E-state index < -0.39 is 15.8 Å². The molecule has 0 radical (unpaired) electrons. The zero-order valence-electron chi connectivity index (χ0n) is 16.8. The molecule has 0 N–H and O–H groups in total. The molecule has 3 heterocycles. The molecule has 0 amide bonds. The van der Waals surface area contributed by atoms with Crippen LogP contribution in [0.5, 0.6) is 0 Å². The molecule has 0 spiro atoms. The minimum absolute atomic E-state index is 0.0232. The van der Waals surface area contributed by atoms with Gasteiger partial charge >= 0.3 is 0 Å². The number of rotatable bonds is 4. The number of sulfonamides is 1. The monoisotopic (exact) mass is 472 g/mol. The zero-order chi connectivity index (χ0) is 22.3. The molecule has 1 aliphatic rings. The SMILES string of the molecule is O=S(=O)(c1ccc(F)c(Cl)c1)N1CCN(c2c(-c3ccccc3)cnc3ncnn23)CC1. The van der Waals surface area contributed by atoms with Crippen molar-refractivity contribution in [3.63, 3.8) is 0 Å². The van der Waals surface area contributed by atoms with E-state index in [1.807, 2.05) is 30.3 Å². The lowest BCUT2D eigenvalue weighted by Gasteiger charge is -2.36. The van der Waals surface area contributed by atoms with E-state index in [2.05, 4.69) is 20.0 Å². The van der Waals surface area contributed by atoms with E-state index in [1.165, 1.54) is 16.7 Å². The van der Waals surface area contributed by atoms with E-state index in [9.17, 15) is 12.8 Å². The van der Waals surface area contributed by atoms with Crippen LogP contribution in [0.15, 0.2) is 66.0 Å². The summed E-state index contributed by atoms with van der Waals surface area (Å²) in [5.74, 6) is 0.620. The lowest BCUT2D eigenvalue weighted by atomic mass is 10.1. The number of fused-ring (bicyclic) bond motifs is 1. The highest BCUT2D eigenvalue weighted by Gasteiger charge is 2.31. The number of hydrogen-bond acceptors (Lipinski definition) is 6. The quantitative estimate of drug-likeness (QED) is 0.454. The third-order valence-electron chi connectivity index (χ3n) is 5.43. The fourth-order valence-corrected chi connectivity index (χ4v) is 5.51. The average molecular weight is 473 g/mol. The lowest BCUT2D eigenvalue weighted by Crippen LogP contribution is -2.49. The van der Waals surface area contributed by atoms with Gasteiger partial charge in [0.1, 0.15) is 18.0 Å². The van der Waals surface area contributed by atoms with Crippen LogP contribution in [0, 0.1) is 5.82 Å². The Bertz CT molecular complexity index is 1390. The van der Waals surface area contributed by atoms with Crippen LogP contribution in [0.2, 0.25) is 5.02 Å². The van der Waals surface area contributed by atoms with Gasteiger partial charge in [0.05, 0.1) is 9.92 Å². The van der Waals surface area contributed by atoms with Crippen molar-refractivity contribution in [1.29, 1.82) is 0 Å². The summed E-state index contributed by atoms with van der Waals surface area (Å²) < 4.78 is 42.6. The molecule has 8 nitrogen and oxygen atoms in total. The van der Waals surface area contributed by atoms with Gasteiger partial charge in [0.25, 0.3) is 5.78 Å². The summed E-state index contributed by atoms with van der Waals surface area (Å²) in [6, 6.07) is 13.3. The molecule has 0 aliphatic carbocycles. The van der Waals surface area contributed by atoms with Crippen LogP contribution in [-0.2, 0) is 10.0 Å². The molecule has 0 unspecified atom stereocenters. The standard InChI is InChI=1S/C21H18ClFN6O2S/c22-18-12-16(6-7-19(18)23)32(30,31)28-10-8-27(9-11-28)20-17(15-4-2-1-3-5-15)13-24-21-25-14-26-29(20)21/h1-7,12-14H,8-11H2. The lowest BCUT2D eigenvalue weighted by molar-refractivity contribution is 0.383. The first kappa shape index (κ1) is 20.8. The minimum Gasteiger partial charge on any atom is -0.353 e. The van der Waals surface area contributed by atoms with E-state index >= 15 is 0 Å². The Morgan fingerprint density at radius 1 is 0.969 bits per heavy atom. The summed E-state index contributed by atoms with van der Waals surface area (Å²) in [7, 11) is -3.79. The van der Waals surface area contributed by atoms with Crippen LogP contribution in [0.25, 0.3) is 16.9 Å². The fraction of sp³-hybridized carbons (Fsp3) is 0.190. The van der Waals surface area contributed by atoms with Crippen LogP contribution >= 0.6 is 11.6 Å². The smallest absolute Gasteiger partial charge is 0.254 e. The largest absolute Gasteiger partial charge is 0.353 e. The van der Waals surface area contributed by atoms with Crippen LogP contribution in [0.3, 0.4) is 0 Å². The molecule has 1 aliphatic heterocycles. The molecule has 2 aromatic heterocycles. The first-order chi connectivity index (χ1) is 15.4. The van der Waals surface area contributed by atoms with Crippen LogP contribution in [0.4, 0.5) is 10.2 Å². The third kappa shape index (κ3) is 3.60. The number of piperazine rings is 1. The van der Waals surface area contributed by atoms with Gasteiger partial charge in [-0.25, -0.2) is 17.8 Å². The second-order valence-electron chi connectivity index (χ2n) is 7.30. The van der Waals surface area contributed by atoms with Crippen LogP contribution < -0.4 is 4.90 Å². The topological polar surface area (TPSA) is 83.7 Å². The van der Waals surface area contributed by atoms with E-state index in [1.54, 1.807) is 10.7 Å². The summed E-state index contributed by atoms with van der Waals surface area (Å²) in [6.45, 7) is 1.38. The van der Waals surface area contributed by atoms with Crippen molar-refractivity contribution in [1.82, 2.24) is 23.9 Å². The number of halogens is 2. The maximum atomic E-state index is 13.5.